The molecule has 0 bridgehead atoms. The van der Waals surface area contributed by atoms with Crippen LogP contribution in [-0.4, -0.2) is 33.5 Å². The highest BCUT2D eigenvalue weighted by atomic mass is 16.5. The SMILES string of the molecule is CC(=O)N1CCC[C@@H]1c1nc2ccccc2n1CCCOc1ccccc1C. The number of amides is 1. The minimum atomic E-state index is 0.0715. The number of nitrogens with zero attached hydrogens (tertiary/aromatic N) is 3. The number of hydrogen-bond donors (Lipinski definition) is 0. The van der Waals surface area contributed by atoms with E-state index in [2.05, 4.69) is 23.6 Å². The highest BCUT2D eigenvalue weighted by Crippen LogP contribution is 2.33. The minimum absolute atomic E-state index is 0.0715. The molecular weight excluding hydrogens is 350 g/mol. The van der Waals surface area contributed by atoms with Gasteiger partial charge in [0.25, 0.3) is 0 Å². The molecule has 5 nitrogen and oxygen atoms in total. The number of carbonyl (C=O) groups is 1. The van der Waals surface area contributed by atoms with E-state index in [9.17, 15) is 4.79 Å². The van der Waals surface area contributed by atoms with Crippen LogP contribution in [0.15, 0.2) is 48.5 Å². The van der Waals surface area contributed by atoms with Gasteiger partial charge < -0.3 is 14.2 Å². The smallest absolute Gasteiger partial charge is 0.220 e. The molecule has 0 unspecified atom stereocenters. The lowest BCUT2D eigenvalue weighted by Gasteiger charge is -2.24. The Morgan fingerprint density at radius 1 is 1.18 bits per heavy atom. The van der Waals surface area contributed by atoms with Gasteiger partial charge in [-0.2, -0.15) is 0 Å². The Hall–Kier alpha value is -2.82. The second kappa shape index (κ2) is 8.05. The van der Waals surface area contributed by atoms with Crippen molar-refractivity contribution in [3.63, 3.8) is 0 Å². The Labute approximate surface area is 165 Å². The summed E-state index contributed by atoms with van der Waals surface area (Å²) in [6, 6.07) is 16.4. The van der Waals surface area contributed by atoms with E-state index in [-0.39, 0.29) is 11.9 Å². The first-order valence-corrected chi connectivity index (χ1v) is 10.1. The fourth-order valence-electron chi connectivity index (χ4n) is 4.12. The van der Waals surface area contributed by atoms with Crippen LogP contribution in [0.5, 0.6) is 5.75 Å². The Balaban J connectivity index is 1.54. The van der Waals surface area contributed by atoms with E-state index < -0.39 is 0 Å². The Morgan fingerprint density at radius 2 is 1.96 bits per heavy atom. The maximum absolute atomic E-state index is 12.1. The third-order valence-electron chi connectivity index (χ3n) is 5.52. The van der Waals surface area contributed by atoms with Crippen LogP contribution in [0.25, 0.3) is 11.0 Å². The molecule has 5 heteroatoms. The zero-order valence-electron chi connectivity index (χ0n) is 16.6. The van der Waals surface area contributed by atoms with Gasteiger partial charge in [-0.25, -0.2) is 4.98 Å². The van der Waals surface area contributed by atoms with Gasteiger partial charge in [-0.1, -0.05) is 30.3 Å². The van der Waals surface area contributed by atoms with Crippen molar-refractivity contribution in [1.82, 2.24) is 14.5 Å². The van der Waals surface area contributed by atoms with E-state index >= 15 is 0 Å². The van der Waals surface area contributed by atoms with Crippen molar-refractivity contribution < 1.29 is 9.53 Å². The Bertz CT molecular complexity index is 979. The number of ether oxygens (including phenoxy) is 1. The van der Waals surface area contributed by atoms with Gasteiger partial charge in [-0.05, 0) is 49.9 Å². The minimum Gasteiger partial charge on any atom is -0.493 e. The normalized spacial score (nSPS) is 16.6. The molecule has 0 radical (unpaired) electrons. The zero-order chi connectivity index (χ0) is 19.5. The number of aryl methyl sites for hydroxylation is 2. The summed E-state index contributed by atoms with van der Waals surface area (Å²) in [5.41, 5.74) is 3.27. The highest BCUT2D eigenvalue weighted by molar-refractivity contribution is 5.77. The van der Waals surface area contributed by atoms with E-state index in [1.807, 2.05) is 41.3 Å². The number of rotatable bonds is 6. The van der Waals surface area contributed by atoms with E-state index in [4.69, 9.17) is 9.72 Å². The molecule has 1 aliphatic rings. The number of fused-ring (bicyclic) bond motifs is 1. The molecule has 1 amide bonds. The summed E-state index contributed by atoms with van der Waals surface area (Å²) >= 11 is 0. The lowest BCUT2D eigenvalue weighted by Crippen LogP contribution is -2.30. The summed E-state index contributed by atoms with van der Waals surface area (Å²) in [4.78, 5) is 18.9. The molecule has 0 saturated carbocycles. The summed E-state index contributed by atoms with van der Waals surface area (Å²) < 4.78 is 8.25. The molecule has 3 aromatic rings. The standard InChI is InChI=1S/C23H27N3O2/c1-17-9-3-6-13-22(17)28-16-8-15-26-20-11-5-4-10-19(20)24-23(26)21-12-7-14-25(21)18(2)27/h3-6,9-11,13,21H,7-8,12,14-16H2,1-2H3/t21-/m1/s1. The molecule has 2 heterocycles. The summed E-state index contributed by atoms with van der Waals surface area (Å²) in [5.74, 6) is 2.07. The van der Waals surface area contributed by atoms with E-state index in [0.717, 1.165) is 60.5 Å². The number of aromatic nitrogens is 2. The highest BCUT2D eigenvalue weighted by Gasteiger charge is 2.32. The van der Waals surface area contributed by atoms with Crippen molar-refractivity contribution in [2.75, 3.05) is 13.2 Å². The van der Waals surface area contributed by atoms with Crippen LogP contribution in [0.3, 0.4) is 0 Å². The van der Waals surface area contributed by atoms with Crippen molar-refractivity contribution >= 4 is 16.9 Å². The lowest BCUT2D eigenvalue weighted by molar-refractivity contribution is -0.129. The van der Waals surface area contributed by atoms with Crippen LogP contribution in [0.4, 0.5) is 0 Å². The number of benzene rings is 2. The van der Waals surface area contributed by atoms with Gasteiger partial charge in [0.15, 0.2) is 0 Å². The topological polar surface area (TPSA) is 47.4 Å². The molecule has 1 saturated heterocycles. The molecule has 28 heavy (non-hydrogen) atoms. The third-order valence-corrected chi connectivity index (χ3v) is 5.52. The molecular formula is C23H27N3O2. The van der Waals surface area contributed by atoms with Gasteiger partial charge in [0.2, 0.25) is 5.91 Å². The van der Waals surface area contributed by atoms with Crippen LogP contribution in [0.2, 0.25) is 0 Å². The second-order valence-corrected chi connectivity index (χ2v) is 7.45. The molecule has 1 atom stereocenters. The van der Waals surface area contributed by atoms with Crippen LogP contribution in [0, 0.1) is 6.92 Å². The molecule has 1 aliphatic heterocycles. The first kappa shape index (κ1) is 18.5. The van der Waals surface area contributed by atoms with Crippen LogP contribution < -0.4 is 4.74 Å². The quantitative estimate of drug-likeness (QED) is 0.594. The first-order chi connectivity index (χ1) is 13.6. The summed E-state index contributed by atoms with van der Waals surface area (Å²) in [6.07, 6.45) is 2.89. The van der Waals surface area contributed by atoms with Crippen molar-refractivity contribution in [3.05, 3.63) is 59.9 Å². The van der Waals surface area contributed by atoms with Crippen molar-refractivity contribution in [2.24, 2.45) is 0 Å². The predicted octanol–water partition coefficient (Wildman–Crippen LogP) is 4.50. The average molecular weight is 377 g/mol. The summed E-state index contributed by atoms with van der Waals surface area (Å²) in [6.45, 7) is 6.01. The van der Waals surface area contributed by atoms with Crippen LogP contribution in [0.1, 0.15) is 43.6 Å². The third kappa shape index (κ3) is 3.61. The van der Waals surface area contributed by atoms with Gasteiger partial charge in [-0.3, -0.25) is 4.79 Å². The zero-order valence-corrected chi connectivity index (χ0v) is 16.6. The predicted molar refractivity (Wildman–Crippen MR) is 110 cm³/mol. The number of carbonyl (C=O) groups excluding carboxylic acids is 1. The van der Waals surface area contributed by atoms with Gasteiger partial charge in [0.1, 0.15) is 11.6 Å². The number of likely N-dealkylation sites (tertiary alicyclic amines) is 1. The van der Waals surface area contributed by atoms with E-state index in [1.54, 1.807) is 6.92 Å². The van der Waals surface area contributed by atoms with Crippen molar-refractivity contribution in [2.45, 2.75) is 45.7 Å². The largest absolute Gasteiger partial charge is 0.493 e. The lowest BCUT2D eigenvalue weighted by atomic mass is 10.2. The van der Waals surface area contributed by atoms with Gasteiger partial charge >= 0.3 is 0 Å². The fraction of sp³-hybridized carbons (Fsp3) is 0.391. The van der Waals surface area contributed by atoms with Crippen LogP contribution in [-0.2, 0) is 11.3 Å². The summed E-state index contributed by atoms with van der Waals surface area (Å²) in [7, 11) is 0. The van der Waals surface area contributed by atoms with Gasteiger partial charge in [-0.15, -0.1) is 0 Å². The number of para-hydroxylation sites is 3. The molecule has 1 aromatic heterocycles. The summed E-state index contributed by atoms with van der Waals surface area (Å²) in [5, 5.41) is 0. The maximum atomic E-state index is 12.1. The monoisotopic (exact) mass is 377 g/mol. The van der Waals surface area contributed by atoms with Gasteiger partial charge in [0.05, 0.1) is 23.7 Å². The van der Waals surface area contributed by atoms with Gasteiger partial charge in [0, 0.05) is 20.0 Å². The Morgan fingerprint density at radius 3 is 2.79 bits per heavy atom. The molecule has 2 aromatic carbocycles. The fourth-order valence-corrected chi connectivity index (χ4v) is 4.12. The number of hydrogen-bond acceptors (Lipinski definition) is 3. The first-order valence-electron chi connectivity index (χ1n) is 10.1. The van der Waals surface area contributed by atoms with Crippen molar-refractivity contribution in [3.8, 4) is 5.75 Å². The molecule has 146 valence electrons. The molecule has 4 rings (SSSR count). The molecule has 0 spiro atoms. The molecule has 1 fully saturated rings. The van der Waals surface area contributed by atoms with Crippen molar-refractivity contribution in [1.29, 1.82) is 0 Å². The molecule has 0 aliphatic carbocycles. The molecule has 0 N–H and O–H groups in total. The van der Waals surface area contributed by atoms with Crippen LogP contribution >= 0.6 is 0 Å². The number of imidazole rings is 1. The second-order valence-electron chi connectivity index (χ2n) is 7.45. The van der Waals surface area contributed by atoms with E-state index in [0.29, 0.717) is 6.61 Å². The van der Waals surface area contributed by atoms with E-state index in [1.165, 1.54) is 0 Å². The average Bonchev–Trinajstić information content (AvgIpc) is 3.31. The maximum Gasteiger partial charge on any atom is 0.220 e. The Kier molecular flexibility index (Phi) is 5.33.